The van der Waals surface area contributed by atoms with Gasteiger partial charge in [0.15, 0.2) is 11.9 Å². The first-order valence-corrected chi connectivity index (χ1v) is 13.6. The largest absolute Gasteiger partial charge is 0.451 e. The molecule has 12 heteroatoms. The number of ether oxygens (including phenoxy) is 3. The second-order valence-electron chi connectivity index (χ2n) is 9.24. The Morgan fingerprint density at radius 2 is 2.00 bits per heavy atom. The van der Waals surface area contributed by atoms with Gasteiger partial charge >= 0.3 is 5.97 Å². The minimum atomic E-state index is -1.54. The number of aliphatic imine (C=N–C) groups is 1. The highest BCUT2D eigenvalue weighted by atomic mass is 32.2. The van der Waals surface area contributed by atoms with Gasteiger partial charge in [-0.2, -0.15) is 5.10 Å². The summed E-state index contributed by atoms with van der Waals surface area (Å²) in [5.74, 6) is -2.64. The van der Waals surface area contributed by atoms with Crippen molar-refractivity contribution in [3.8, 4) is 0 Å². The second kappa shape index (κ2) is 13.7. The Hall–Kier alpha value is -3.74. The molecular weight excluding hydrogens is 557 g/mol. The highest BCUT2D eigenvalue weighted by Gasteiger charge is 2.46. The number of carbonyl (C=O) groups is 1. The van der Waals surface area contributed by atoms with E-state index in [2.05, 4.69) is 21.8 Å². The molecule has 0 bridgehead atoms. The third-order valence-electron chi connectivity index (χ3n) is 6.34. The maximum absolute atomic E-state index is 15.2. The lowest BCUT2D eigenvalue weighted by atomic mass is 9.89. The summed E-state index contributed by atoms with van der Waals surface area (Å²) in [5.41, 5.74) is -0.676. The number of allylic oxidation sites excluding steroid dienone is 2. The zero-order valence-corrected chi connectivity index (χ0v) is 23.3. The number of rotatable bonds is 11. The van der Waals surface area contributed by atoms with E-state index in [0.29, 0.717) is 24.5 Å². The average molecular weight is 587 g/mol. The van der Waals surface area contributed by atoms with E-state index in [1.54, 1.807) is 43.4 Å². The van der Waals surface area contributed by atoms with Gasteiger partial charge in [-0.25, -0.2) is 22.8 Å². The van der Waals surface area contributed by atoms with Crippen molar-refractivity contribution in [2.45, 2.75) is 42.8 Å². The summed E-state index contributed by atoms with van der Waals surface area (Å²) in [7, 11) is 0. The summed E-state index contributed by atoms with van der Waals surface area (Å²) >= 11 is 1.39. The van der Waals surface area contributed by atoms with Crippen LogP contribution >= 0.6 is 11.8 Å². The number of halogens is 3. The van der Waals surface area contributed by atoms with E-state index in [1.165, 1.54) is 48.2 Å². The molecule has 0 N–H and O–H groups in total. The number of aromatic nitrogens is 3. The summed E-state index contributed by atoms with van der Waals surface area (Å²) in [5, 5.41) is 3.38. The Balaban J connectivity index is 1.44. The monoisotopic (exact) mass is 586 g/mol. The molecule has 1 aliphatic rings. The molecule has 41 heavy (non-hydrogen) atoms. The SMILES string of the molecule is C=Nc1ccc(/C=C/C=C/C2OCC(SC(C)[C@@](Cn3cncn3)(OC(C)=O)c3ccc(F)cc3F)CO2)c(F)c1. The van der Waals surface area contributed by atoms with Gasteiger partial charge < -0.3 is 14.2 Å². The smallest absolute Gasteiger partial charge is 0.303 e. The van der Waals surface area contributed by atoms with Crippen molar-refractivity contribution in [3.05, 3.63) is 95.9 Å². The molecule has 1 fully saturated rings. The number of carbonyl (C=O) groups excluding carboxylic acids is 1. The Kier molecular flexibility index (Phi) is 10.1. The molecule has 0 aliphatic carbocycles. The van der Waals surface area contributed by atoms with E-state index < -0.39 is 40.6 Å². The molecule has 216 valence electrons. The van der Waals surface area contributed by atoms with Gasteiger partial charge in [-0.1, -0.05) is 18.2 Å². The molecule has 1 aliphatic heterocycles. The topological polar surface area (TPSA) is 87.8 Å². The molecule has 4 rings (SSSR count). The van der Waals surface area contributed by atoms with Gasteiger partial charge in [-0.3, -0.25) is 9.79 Å². The minimum absolute atomic E-state index is 0.0154. The predicted octanol–water partition coefficient (Wildman–Crippen LogP) is 5.62. The highest BCUT2D eigenvalue weighted by molar-refractivity contribution is 8.00. The number of thioether (sulfide) groups is 1. The van der Waals surface area contributed by atoms with Crippen LogP contribution in [0.4, 0.5) is 18.9 Å². The molecular formula is C29H29F3N4O4S. The van der Waals surface area contributed by atoms with Crippen LogP contribution in [-0.4, -0.2) is 57.5 Å². The molecule has 0 radical (unpaired) electrons. The van der Waals surface area contributed by atoms with Crippen molar-refractivity contribution in [1.29, 1.82) is 0 Å². The van der Waals surface area contributed by atoms with Crippen molar-refractivity contribution in [3.63, 3.8) is 0 Å². The van der Waals surface area contributed by atoms with Crippen molar-refractivity contribution < 1.29 is 32.2 Å². The Bertz CT molecular complexity index is 1410. The van der Waals surface area contributed by atoms with E-state index in [9.17, 15) is 13.6 Å². The fourth-order valence-electron chi connectivity index (χ4n) is 4.40. The van der Waals surface area contributed by atoms with E-state index in [0.717, 1.165) is 12.1 Å². The quantitative estimate of drug-likeness (QED) is 0.164. The second-order valence-corrected chi connectivity index (χ2v) is 10.9. The van der Waals surface area contributed by atoms with Crippen molar-refractivity contribution in [2.24, 2.45) is 4.99 Å². The van der Waals surface area contributed by atoms with Gasteiger partial charge in [0.05, 0.1) is 30.7 Å². The number of nitrogens with zero attached hydrogens (tertiary/aromatic N) is 4. The van der Waals surface area contributed by atoms with Crippen LogP contribution < -0.4 is 0 Å². The molecule has 0 saturated carbocycles. The maximum atomic E-state index is 15.2. The molecule has 1 unspecified atom stereocenters. The van der Waals surface area contributed by atoms with E-state index in [-0.39, 0.29) is 17.4 Å². The van der Waals surface area contributed by atoms with Crippen molar-refractivity contribution in [1.82, 2.24) is 14.8 Å². The molecule has 1 saturated heterocycles. The van der Waals surface area contributed by atoms with Crippen LogP contribution in [0.2, 0.25) is 0 Å². The molecule has 0 amide bonds. The average Bonchev–Trinajstić information content (AvgIpc) is 3.45. The van der Waals surface area contributed by atoms with Crippen LogP contribution in [0.5, 0.6) is 0 Å². The van der Waals surface area contributed by atoms with E-state index in [4.69, 9.17) is 14.2 Å². The Morgan fingerprint density at radius 3 is 2.63 bits per heavy atom. The summed E-state index contributed by atoms with van der Waals surface area (Å²) in [4.78, 5) is 19.9. The third kappa shape index (κ3) is 7.72. The van der Waals surface area contributed by atoms with Gasteiger partial charge in [0.1, 0.15) is 30.1 Å². The Labute approximate surface area is 239 Å². The van der Waals surface area contributed by atoms with E-state index >= 15 is 4.39 Å². The zero-order chi connectivity index (χ0) is 29.4. The van der Waals surface area contributed by atoms with Crippen LogP contribution in [0.1, 0.15) is 25.0 Å². The van der Waals surface area contributed by atoms with Gasteiger partial charge in [0.25, 0.3) is 0 Å². The highest BCUT2D eigenvalue weighted by Crippen LogP contribution is 2.42. The molecule has 3 aromatic rings. The fourth-order valence-corrected chi connectivity index (χ4v) is 5.76. The molecule has 2 atom stereocenters. The van der Waals surface area contributed by atoms with Crippen molar-refractivity contribution in [2.75, 3.05) is 13.2 Å². The first-order valence-electron chi connectivity index (χ1n) is 12.7. The minimum Gasteiger partial charge on any atom is -0.451 e. The molecule has 2 aromatic carbocycles. The van der Waals surface area contributed by atoms with Crippen LogP contribution in [0.25, 0.3) is 6.08 Å². The van der Waals surface area contributed by atoms with Crippen molar-refractivity contribution >= 4 is 36.2 Å². The summed E-state index contributed by atoms with van der Waals surface area (Å²) < 4.78 is 61.9. The lowest BCUT2D eigenvalue weighted by Crippen LogP contribution is -2.47. The lowest BCUT2D eigenvalue weighted by molar-refractivity contribution is -0.160. The van der Waals surface area contributed by atoms with Gasteiger partial charge in [-0.05, 0) is 44.0 Å². The predicted molar refractivity (Wildman–Crippen MR) is 150 cm³/mol. The van der Waals surface area contributed by atoms with Gasteiger partial charge in [0, 0.05) is 35.4 Å². The van der Waals surface area contributed by atoms with Crippen LogP contribution in [0.15, 0.2) is 72.3 Å². The maximum Gasteiger partial charge on any atom is 0.303 e. The fraction of sp³-hybridized carbons (Fsp3) is 0.310. The Morgan fingerprint density at radius 1 is 1.22 bits per heavy atom. The summed E-state index contributed by atoms with van der Waals surface area (Å²) in [6, 6.07) is 7.73. The molecule has 2 heterocycles. The summed E-state index contributed by atoms with van der Waals surface area (Å²) in [6.07, 6.45) is 8.80. The molecule has 8 nitrogen and oxygen atoms in total. The van der Waals surface area contributed by atoms with Crippen LogP contribution in [0.3, 0.4) is 0 Å². The first-order chi connectivity index (χ1) is 19.7. The number of hydrogen-bond acceptors (Lipinski definition) is 8. The van der Waals surface area contributed by atoms with E-state index in [1.807, 2.05) is 0 Å². The number of hydrogen-bond donors (Lipinski definition) is 0. The normalized spacial score (nSPS) is 19.7. The van der Waals surface area contributed by atoms with Crippen LogP contribution in [-0.2, 0) is 31.2 Å². The number of benzene rings is 2. The third-order valence-corrected chi connectivity index (χ3v) is 7.79. The zero-order valence-electron chi connectivity index (χ0n) is 22.5. The van der Waals surface area contributed by atoms with Crippen LogP contribution in [0, 0.1) is 17.5 Å². The standard InChI is InChI=1S/C29H29F3N4O4S/c1-19(29(40-20(2)37,16-36-18-34-17-35-36)25-11-9-22(30)12-27(25)32)41-24-14-38-28(39-15-24)7-5-4-6-21-8-10-23(33-3)13-26(21)31/h4-13,17-19,24,28H,3,14-16H2,1-2H3/b6-4+,7-5+/t19?,24?,28?,29-/m1/s1. The molecule has 1 aromatic heterocycles. The van der Waals surface area contributed by atoms with Gasteiger partial charge in [-0.15, -0.1) is 11.8 Å². The molecule has 0 spiro atoms. The number of esters is 1. The van der Waals surface area contributed by atoms with Gasteiger partial charge in [0.2, 0.25) is 0 Å². The lowest BCUT2D eigenvalue weighted by Gasteiger charge is -2.40. The summed E-state index contributed by atoms with van der Waals surface area (Å²) in [6.45, 7) is 6.94. The first kappa shape index (κ1) is 30.2.